The summed E-state index contributed by atoms with van der Waals surface area (Å²) in [6, 6.07) is 2.15. The van der Waals surface area contributed by atoms with E-state index in [1.165, 1.54) is 0 Å². The lowest BCUT2D eigenvalue weighted by Crippen LogP contribution is -2.34. The Hall–Kier alpha value is -0.590. The van der Waals surface area contributed by atoms with Gasteiger partial charge in [0.15, 0.2) is 0 Å². The van der Waals surface area contributed by atoms with Crippen LogP contribution in [0.3, 0.4) is 0 Å². The molecule has 0 saturated heterocycles. The molecule has 0 fully saturated rings. The average Bonchev–Trinajstić information content (AvgIpc) is 2.19. The van der Waals surface area contributed by atoms with Gasteiger partial charge in [-0.1, -0.05) is 26.7 Å². The maximum absolute atomic E-state index is 9.75. The molecule has 0 aromatic carbocycles. The summed E-state index contributed by atoms with van der Waals surface area (Å²) in [6.07, 6.45) is 1.73. The van der Waals surface area contributed by atoms with E-state index in [0.29, 0.717) is 19.0 Å². The van der Waals surface area contributed by atoms with Gasteiger partial charge in [0, 0.05) is 13.1 Å². The summed E-state index contributed by atoms with van der Waals surface area (Å²) in [7, 11) is 0. The van der Waals surface area contributed by atoms with Gasteiger partial charge in [-0.05, 0) is 12.8 Å². The second-order valence-corrected chi connectivity index (χ2v) is 3.83. The van der Waals surface area contributed by atoms with Crippen LogP contribution < -0.4 is 5.32 Å². The van der Waals surface area contributed by atoms with Crippen LogP contribution >= 0.6 is 0 Å². The third-order valence-electron chi connectivity index (χ3n) is 2.62. The molecule has 14 heavy (non-hydrogen) atoms. The van der Waals surface area contributed by atoms with Crippen LogP contribution in [-0.2, 0) is 0 Å². The summed E-state index contributed by atoms with van der Waals surface area (Å²) >= 11 is 0. The minimum absolute atomic E-state index is 0.0175. The molecule has 2 atom stereocenters. The normalized spacial score (nSPS) is 15.1. The molecule has 0 aliphatic carbocycles. The topological polar surface area (TPSA) is 56.0 Å². The van der Waals surface area contributed by atoms with Gasteiger partial charge in [0.2, 0.25) is 0 Å². The van der Waals surface area contributed by atoms with E-state index in [4.69, 9.17) is 5.26 Å². The van der Waals surface area contributed by atoms with Crippen LogP contribution in [0.15, 0.2) is 0 Å². The molecule has 0 aromatic heterocycles. The molecule has 3 nitrogen and oxygen atoms in total. The van der Waals surface area contributed by atoms with E-state index >= 15 is 0 Å². The fourth-order valence-electron chi connectivity index (χ4n) is 1.49. The van der Waals surface area contributed by atoms with Gasteiger partial charge >= 0.3 is 0 Å². The molecule has 0 spiro atoms. The number of hydrogen-bond acceptors (Lipinski definition) is 3. The molecule has 0 heterocycles. The highest BCUT2D eigenvalue weighted by Gasteiger charge is 2.14. The number of nitriles is 1. The number of rotatable bonds is 7. The van der Waals surface area contributed by atoms with Gasteiger partial charge in [0.25, 0.3) is 0 Å². The molecular weight excluding hydrogens is 176 g/mol. The van der Waals surface area contributed by atoms with Crippen LogP contribution in [0, 0.1) is 23.2 Å². The van der Waals surface area contributed by atoms with Gasteiger partial charge in [-0.15, -0.1) is 0 Å². The summed E-state index contributed by atoms with van der Waals surface area (Å²) < 4.78 is 0. The zero-order valence-electron chi connectivity index (χ0n) is 9.45. The number of nitrogens with zero attached hydrogens (tertiary/aromatic N) is 1. The lowest BCUT2D eigenvalue weighted by Gasteiger charge is -2.20. The van der Waals surface area contributed by atoms with Gasteiger partial charge in [-0.3, -0.25) is 0 Å². The van der Waals surface area contributed by atoms with Crippen molar-refractivity contribution in [3.8, 4) is 6.07 Å². The monoisotopic (exact) mass is 198 g/mol. The summed E-state index contributed by atoms with van der Waals surface area (Å²) in [5.74, 6) is 0.392. The molecule has 0 saturated carbocycles. The van der Waals surface area contributed by atoms with E-state index < -0.39 is 0 Å². The Bertz CT molecular complexity index is 173. The van der Waals surface area contributed by atoms with E-state index in [-0.39, 0.29) is 12.0 Å². The predicted octanol–water partition coefficient (Wildman–Crippen LogP) is 1.53. The first-order valence-corrected chi connectivity index (χ1v) is 5.44. The van der Waals surface area contributed by atoms with Crippen LogP contribution in [0.25, 0.3) is 0 Å². The third-order valence-corrected chi connectivity index (χ3v) is 2.62. The van der Waals surface area contributed by atoms with Crippen molar-refractivity contribution in [3.05, 3.63) is 0 Å². The van der Waals surface area contributed by atoms with Gasteiger partial charge in [-0.25, -0.2) is 0 Å². The molecule has 0 radical (unpaired) electrons. The lowest BCUT2D eigenvalue weighted by atomic mass is 9.96. The summed E-state index contributed by atoms with van der Waals surface area (Å²) in [5.41, 5.74) is 0. The van der Waals surface area contributed by atoms with Crippen LogP contribution in [0.5, 0.6) is 0 Å². The minimum atomic E-state index is -0.282. The summed E-state index contributed by atoms with van der Waals surface area (Å²) in [5, 5.41) is 21.4. The quantitative estimate of drug-likeness (QED) is 0.652. The van der Waals surface area contributed by atoms with E-state index in [0.717, 1.165) is 12.8 Å². The molecule has 0 aromatic rings. The molecule has 0 rings (SSSR count). The highest BCUT2D eigenvalue weighted by atomic mass is 16.3. The summed E-state index contributed by atoms with van der Waals surface area (Å²) in [6.45, 7) is 7.31. The largest absolute Gasteiger partial charge is 0.392 e. The standard InChI is InChI=1S/C11H22N2O/c1-4-10(5-2)11(14)8-13-7-9(3)6-12/h9-11,13-14H,4-5,7-8H2,1-3H3. The molecule has 0 amide bonds. The molecule has 0 aliphatic heterocycles. The van der Waals surface area contributed by atoms with Gasteiger partial charge in [-0.2, -0.15) is 5.26 Å². The van der Waals surface area contributed by atoms with Crippen molar-refractivity contribution < 1.29 is 5.11 Å². The summed E-state index contributed by atoms with van der Waals surface area (Å²) in [4.78, 5) is 0. The van der Waals surface area contributed by atoms with Crippen molar-refractivity contribution in [1.82, 2.24) is 5.32 Å². The number of nitrogens with one attached hydrogen (secondary N) is 1. The molecule has 0 aliphatic rings. The lowest BCUT2D eigenvalue weighted by molar-refractivity contribution is 0.101. The van der Waals surface area contributed by atoms with Crippen molar-refractivity contribution >= 4 is 0 Å². The maximum atomic E-state index is 9.75. The van der Waals surface area contributed by atoms with Crippen LogP contribution in [0.2, 0.25) is 0 Å². The molecular formula is C11H22N2O. The smallest absolute Gasteiger partial charge is 0.0692 e. The highest BCUT2D eigenvalue weighted by Crippen LogP contribution is 2.12. The van der Waals surface area contributed by atoms with Gasteiger partial charge in [0.1, 0.15) is 0 Å². The molecule has 3 heteroatoms. The Morgan fingerprint density at radius 1 is 1.29 bits per heavy atom. The molecule has 2 unspecified atom stereocenters. The average molecular weight is 198 g/mol. The Morgan fingerprint density at radius 2 is 1.86 bits per heavy atom. The Labute approximate surface area is 87.1 Å². The van der Waals surface area contributed by atoms with Crippen LogP contribution in [0.4, 0.5) is 0 Å². The fraction of sp³-hybridized carbons (Fsp3) is 0.909. The Balaban J connectivity index is 3.63. The minimum Gasteiger partial charge on any atom is -0.392 e. The van der Waals surface area contributed by atoms with Crippen molar-refractivity contribution in [2.45, 2.75) is 39.7 Å². The first-order chi connectivity index (χ1) is 6.65. The van der Waals surface area contributed by atoms with Crippen molar-refractivity contribution in [1.29, 1.82) is 5.26 Å². The third kappa shape index (κ3) is 5.21. The van der Waals surface area contributed by atoms with E-state index in [2.05, 4.69) is 25.2 Å². The van der Waals surface area contributed by atoms with Crippen LogP contribution in [-0.4, -0.2) is 24.3 Å². The zero-order valence-corrected chi connectivity index (χ0v) is 9.45. The van der Waals surface area contributed by atoms with Gasteiger partial charge < -0.3 is 10.4 Å². The SMILES string of the molecule is CCC(CC)C(O)CNCC(C)C#N. The maximum Gasteiger partial charge on any atom is 0.0692 e. The van der Waals surface area contributed by atoms with Crippen molar-refractivity contribution in [2.75, 3.05) is 13.1 Å². The first-order valence-electron chi connectivity index (χ1n) is 5.44. The first kappa shape index (κ1) is 13.4. The Kier molecular flexibility index (Phi) is 7.45. The molecule has 0 bridgehead atoms. The molecule has 82 valence electrons. The van der Waals surface area contributed by atoms with Crippen molar-refractivity contribution in [2.24, 2.45) is 11.8 Å². The molecule has 2 N–H and O–H groups in total. The Morgan fingerprint density at radius 3 is 2.29 bits per heavy atom. The van der Waals surface area contributed by atoms with Gasteiger partial charge in [0.05, 0.1) is 18.1 Å². The van der Waals surface area contributed by atoms with E-state index in [9.17, 15) is 5.11 Å². The highest BCUT2D eigenvalue weighted by molar-refractivity contribution is 4.80. The predicted molar refractivity (Wildman–Crippen MR) is 57.7 cm³/mol. The van der Waals surface area contributed by atoms with E-state index in [1.807, 2.05) is 6.92 Å². The second-order valence-electron chi connectivity index (χ2n) is 3.83. The van der Waals surface area contributed by atoms with E-state index in [1.54, 1.807) is 0 Å². The second kappa shape index (κ2) is 7.78. The zero-order chi connectivity index (χ0) is 11.0. The fourth-order valence-corrected chi connectivity index (χ4v) is 1.49. The number of hydrogen-bond donors (Lipinski definition) is 2. The number of aliphatic hydroxyl groups is 1. The number of aliphatic hydroxyl groups excluding tert-OH is 1. The van der Waals surface area contributed by atoms with Crippen LogP contribution in [0.1, 0.15) is 33.6 Å². The van der Waals surface area contributed by atoms with Crippen molar-refractivity contribution in [3.63, 3.8) is 0 Å².